The number of aromatic amines is 1. The molecular weight excluding hydrogens is 195 g/mol. The molecule has 62 valence electrons. The van der Waals surface area contributed by atoms with Crippen molar-refractivity contribution in [3.8, 4) is 0 Å². The van der Waals surface area contributed by atoms with Crippen LogP contribution in [-0.4, -0.2) is 4.98 Å². The fraction of sp³-hybridized carbons (Fsp3) is 0. The third-order valence-corrected chi connectivity index (χ3v) is 2.50. The number of aromatic nitrogens is 1. The van der Waals surface area contributed by atoms with Gasteiger partial charge in [-0.15, -0.1) is 0 Å². The molecule has 2 aromatic rings. The molecule has 0 saturated heterocycles. The predicted octanol–water partition coefficient (Wildman–Crippen LogP) is 3.06. The lowest BCUT2D eigenvalue weighted by atomic mass is 10.2. The Morgan fingerprint density at radius 2 is 2.08 bits per heavy atom. The molecule has 0 bridgehead atoms. The maximum absolute atomic E-state index is 5.94. The van der Waals surface area contributed by atoms with E-state index < -0.39 is 0 Å². The molecule has 1 heterocycles. The van der Waals surface area contributed by atoms with Crippen LogP contribution < -0.4 is 5.73 Å². The topological polar surface area (TPSA) is 41.8 Å². The van der Waals surface area contributed by atoms with Crippen molar-refractivity contribution in [3.05, 3.63) is 28.4 Å². The molecule has 1 aromatic carbocycles. The van der Waals surface area contributed by atoms with Crippen molar-refractivity contribution in [2.75, 3.05) is 5.73 Å². The summed E-state index contributed by atoms with van der Waals surface area (Å²) in [4.78, 5) is 3.00. The molecule has 3 N–H and O–H groups in total. The van der Waals surface area contributed by atoms with E-state index in [9.17, 15) is 0 Å². The molecule has 12 heavy (non-hydrogen) atoms. The predicted molar refractivity (Wildman–Crippen MR) is 52.7 cm³/mol. The Kier molecular flexibility index (Phi) is 1.67. The van der Waals surface area contributed by atoms with E-state index >= 15 is 0 Å². The number of halogens is 2. The monoisotopic (exact) mass is 200 g/mol. The summed E-state index contributed by atoms with van der Waals surface area (Å²) in [5, 5.41) is 1.90. The highest BCUT2D eigenvalue weighted by Gasteiger charge is 2.07. The van der Waals surface area contributed by atoms with Crippen molar-refractivity contribution in [3.63, 3.8) is 0 Å². The molecule has 0 aliphatic rings. The van der Waals surface area contributed by atoms with Gasteiger partial charge in [0.1, 0.15) is 0 Å². The van der Waals surface area contributed by atoms with Gasteiger partial charge in [0.05, 0.1) is 15.7 Å². The van der Waals surface area contributed by atoms with Gasteiger partial charge in [-0.1, -0.05) is 23.2 Å². The van der Waals surface area contributed by atoms with Crippen LogP contribution in [0.25, 0.3) is 10.9 Å². The molecule has 0 aliphatic heterocycles. The first-order valence-electron chi connectivity index (χ1n) is 3.40. The van der Waals surface area contributed by atoms with Crippen LogP contribution in [0, 0.1) is 0 Å². The quantitative estimate of drug-likeness (QED) is 0.632. The second-order valence-corrected chi connectivity index (χ2v) is 3.31. The average Bonchev–Trinajstić information content (AvgIpc) is 2.48. The van der Waals surface area contributed by atoms with Gasteiger partial charge in [0.25, 0.3) is 0 Å². The molecule has 0 unspecified atom stereocenters. The first-order valence-corrected chi connectivity index (χ1v) is 4.16. The Bertz CT molecular complexity index is 434. The van der Waals surface area contributed by atoms with Crippen molar-refractivity contribution in [2.45, 2.75) is 0 Å². The number of nitrogens with one attached hydrogen (secondary N) is 1. The minimum Gasteiger partial charge on any atom is -0.396 e. The van der Waals surface area contributed by atoms with Crippen molar-refractivity contribution in [1.82, 2.24) is 4.98 Å². The number of rotatable bonds is 0. The third-order valence-electron chi connectivity index (χ3n) is 1.78. The second kappa shape index (κ2) is 2.57. The number of nitrogens with two attached hydrogens (primary N) is 1. The first kappa shape index (κ1) is 7.77. The van der Waals surface area contributed by atoms with Crippen molar-refractivity contribution >= 4 is 39.8 Å². The molecule has 0 atom stereocenters. The summed E-state index contributed by atoms with van der Waals surface area (Å²) >= 11 is 11.8. The lowest BCUT2D eigenvalue weighted by Gasteiger charge is -2.01. The van der Waals surface area contributed by atoms with Gasteiger partial charge >= 0.3 is 0 Å². The average molecular weight is 201 g/mol. The van der Waals surface area contributed by atoms with E-state index in [0.717, 1.165) is 10.9 Å². The third kappa shape index (κ3) is 0.958. The van der Waals surface area contributed by atoms with Gasteiger partial charge < -0.3 is 10.7 Å². The zero-order chi connectivity index (χ0) is 8.72. The molecular formula is C8H6Cl2N2. The van der Waals surface area contributed by atoms with E-state index in [-0.39, 0.29) is 0 Å². The van der Waals surface area contributed by atoms with E-state index in [1.54, 1.807) is 12.3 Å². The number of hydrogen-bond acceptors (Lipinski definition) is 1. The maximum atomic E-state index is 5.94. The molecule has 2 rings (SSSR count). The Labute approximate surface area is 79.3 Å². The number of hydrogen-bond donors (Lipinski definition) is 2. The van der Waals surface area contributed by atoms with E-state index in [0.29, 0.717) is 15.7 Å². The maximum Gasteiger partial charge on any atom is 0.0744 e. The summed E-state index contributed by atoms with van der Waals surface area (Å²) in [5.74, 6) is 0. The first-order chi connectivity index (χ1) is 5.70. The summed E-state index contributed by atoms with van der Waals surface area (Å²) in [6.07, 6.45) is 1.80. The highest BCUT2D eigenvalue weighted by molar-refractivity contribution is 6.42. The van der Waals surface area contributed by atoms with Crippen LogP contribution >= 0.6 is 23.2 Å². The molecule has 0 fully saturated rings. The van der Waals surface area contributed by atoms with Crippen molar-refractivity contribution in [1.29, 1.82) is 0 Å². The van der Waals surface area contributed by atoms with Gasteiger partial charge in [0.15, 0.2) is 0 Å². The van der Waals surface area contributed by atoms with Crippen LogP contribution in [0.5, 0.6) is 0 Å². The summed E-state index contributed by atoms with van der Waals surface area (Å²) < 4.78 is 0. The SMILES string of the molecule is Nc1c(Cl)cc2[nH]ccc2c1Cl. The lowest BCUT2D eigenvalue weighted by molar-refractivity contribution is 1.48. The number of benzene rings is 1. The molecule has 4 heteroatoms. The molecule has 0 radical (unpaired) electrons. The highest BCUT2D eigenvalue weighted by Crippen LogP contribution is 2.34. The fourth-order valence-electron chi connectivity index (χ4n) is 1.15. The van der Waals surface area contributed by atoms with Gasteiger partial charge in [0.2, 0.25) is 0 Å². The Morgan fingerprint density at radius 1 is 1.33 bits per heavy atom. The number of fused-ring (bicyclic) bond motifs is 1. The van der Waals surface area contributed by atoms with E-state index in [2.05, 4.69) is 4.98 Å². The normalized spacial score (nSPS) is 10.8. The van der Waals surface area contributed by atoms with Gasteiger partial charge in [-0.25, -0.2) is 0 Å². The molecule has 0 spiro atoms. The van der Waals surface area contributed by atoms with E-state index in [4.69, 9.17) is 28.9 Å². The van der Waals surface area contributed by atoms with Crippen LogP contribution in [0.2, 0.25) is 10.0 Å². The minimum atomic E-state index is 0.436. The van der Waals surface area contributed by atoms with Gasteiger partial charge in [-0.05, 0) is 12.1 Å². The van der Waals surface area contributed by atoms with Crippen LogP contribution in [0.3, 0.4) is 0 Å². The Morgan fingerprint density at radius 3 is 2.83 bits per heavy atom. The molecule has 2 nitrogen and oxygen atoms in total. The minimum absolute atomic E-state index is 0.436. The van der Waals surface area contributed by atoms with Gasteiger partial charge in [0, 0.05) is 17.1 Å². The van der Waals surface area contributed by atoms with Crippen molar-refractivity contribution < 1.29 is 0 Å². The van der Waals surface area contributed by atoms with Gasteiger partial charge in [-0.3, -0.25) is 0 Å². The second-order valence-electron chi connectivity index (χ2n) is 2.52. The summed E-state index contributed by atoms with van der Waals surface area (Å²) in [6, 6.07) is 3.63. The summed E-state index contributed by atoms with van der Waals surface area (Å²) in [6.45, 7) is 0. The van der Waals surface area contributed by atoms with Crippen LogP contribution in [0.15, 0.2) is 18.3 Å². The zero-order valence-electron chi connectivity index (χ0n) is 6.07. The molecule has 1 aromatic heterocycles. The molecule has 0 amide bonds. The Balaban J connectivity index is 2.94. The van der Waals surface area contributed by atoms with Crippen LogP contribution in [0.1, 0.15) is 0 Å². The van der Waals surface area contributed by atoms with E-state index in [1.165, 1.54) is 0 Å². The standard InChI is InChI=1S/C8H6Cl2N2/c9-5-3-6-4(1-2-12-6)7(10)8(5)11/h1-3,12H,11H2. The molecule has 0 saturated carbocycles. The van der Waals surface area contributed by atoms with E-state index in [1.807, 2.05) is 6.07 Å². The summed E-state index contributed by atoms with van der Waals surface area (Å²) in [7, 11) is 0. The van der Waals surface area contributed by atoms with Crippen LogP contribution in [-0.2, 0) is 0 Å². The molecule has 0 aliphatic carbocycles. The van der Waals surface area contributed by atoms with Gasteiger partial charge in [-0.2, -0.15) is 0 Å². The number of anilines is 1. The van der Waals surface area contributed by atoms with Crippen molar-refractivity contribution in [2.24, 2.45) is 0 Å². The smallest absolute Gasteiger partial charge is 0.0744 e. The fourth-order valence-corrected chi connectivity index (χ4v) is 1.67. The largest absolute Gasteiger partial charge is 0.396 e. The van der Waals surface area contributed by atoms with Crippen LogP contribution in [0.4, 0.5) is 5.69 Å². The summed E-state index contributed by atoms with van der Waals surface area (Å²) in [5.41, 5.74) is 6.97. The number of H-pyrrole nitrogens is 1. The Hall–Kier alpha value is -0.860. The lowest BCUT2D eigenvalue weighted by Crippen LogP contribution is -1.87. The highest BCUT2D eigenvalue weighted by atomic mass is 35.5. The number of nitrogen functional groups attached to an aromatic ring is 1. The zero-order valence-corrected chi connectivity index (χ0v) is 7.58.